The molecule has 3 heterocycles. The molecule has 0 aliphatic carbocycles. The number of benzene rings is 3. The van der Waals surface area contributed by atoms with E-state index in [1.165, 1.54) is 42.5 Å². The second kappa shape index (κ2) is 11.5. The fraction of sp³-hybridized carbons (Fsp3) is 0.235. The Labute approximate surface area is 264 Å². The second-order valence-electron chi connectivity index (χ2n) is 12.2. The number of aryl methyl sites for hydroxylation is 1. The summed E-state index contributed by atoms with van der Waals surface area (Å²) in [5.74, 6) is -4.11. The molecule has 4 aromatic rings. The first-order chi connectivity index (χ1) is 21.7. The number of sulfone groups is 1. The summed E-state index contributed by atoms with van der Waals surface area (Å²) < 4.78 is 77.2. The van der Waals surface area contributed by atoms with Crippen LogP contribution in [0, 0.1) is 29.8 Å². The molecular weight excluding hydrogens is 619 g/mol. The number of halogens is 3. The van der Waals surface area contributed by atoms with Crippen molar-refractivity contribution >= 4 is 27.1 Å². The number of nitrogens with zero attached hydrogens (tertiary/aromatic N) is 2. The molecule has 1 aromatic heterocycles. The van der Waals surface area contributed by atoms with E-state index in [-0.39, 0.29) is 63.5 Å². The molecule has 1 amide bonds. The van der Waals surface area contributed by atoms with Crippen molar-refractivity contribution < 1.29 is 36.2 Å². The maximum absolute atomic E-state index is 16.3. The Balaban J connectivity index is 1.53. The molecular formula is C34H30F3N3O5S. The van der Waals surface area contributed by atoms with E-state index in [2.05, 4.69) is 10.3 Å². The fourth-order valence-electron chi connectivity index (χ4n) is 6.01. The normalized spacial score (nSPS) is 18.2. The van der Waals surface area contributed by atoms with Crippen LogP contribution in [0.3, 0.4) is 0 Å². The van der Waals surface area contributed by atoms with Gasteiger partial charge < -0.3 is 15.2 Å². The number of anilines is 2. The molecule has 0 spiro atoms. The quantitative estimate of drug-likeness (QED) is 0.225. The number of pyridine rings is 1. The predicted molar refractivity (Wildman–Crippen MR) is 167 cm³/mol. The Kier molecular flexibility index (Phi) is 7.79. The van der Waals surface area contributed by atoms with Gasteiger partial charge in [0.05, 0.1) is 16.3 Å². The predicted octanol–water partition coefficient (Wildman–Crippen LogP) is 6.96. The van der Waals surface area contributed by atoms with Gasteiger partial charge in [-0.15, -0.1) is 0 Å². The minimum absolute atomic E-state index is 0.0104. The number of aromatic nitrogens is 1. The number of rotatable bonds is 5. The number of nitrogens with one attached hydrogen (secondary N) is 1. The van der Waals surface area contributed by atoms with Gasteiger partial charge in [-0.2, -0.15) is 0 Å². The zero-order valence-corrected chi connectivity index (χ0v) is 26.0. The molecule has 1 unspecified atom stereocenters. The van der Waals surface area contributed by atoms with Crippen LogP contribution in [0.4, 0.5) is 24.5 Å². The van der Waals surface area contributed by atoms with Crippen LogP contribution in [0.5, 0.6) is 11.5 Å². The lowest BCUT2D eigenvalue weighted by molar-refractivity contribution is 0.0975. The third-order valence-electron chi connectivity index (χ3n) is 7.91. The first-order valence-corrected chi connectivity index (χ1v) is 16.1. The number of phenols is 1. The summed E-state index contributed by atoms with van der Waals surface area (Å²) >= 11 is 0. The Morgan fingerprint density at radius 3 is 2.50 bits per heavy atom. The SMILES string of the molecule is Cc1cccc(C(=O)N2c3cccc(O)c3NC3=C(C2c2ccc(OCc4ccc(F)c(F)c4)cc2F)S(=O)(=O)CC(C)(C)C3)n1. The summed E-state index contributed by atoms with van der Waals surface area (Å²) in [7, 11) is -4.12. The van der Waals surface area contributed by atoms with E-state index >= 15 is 4.39 Å². The van der Waals surface area contributed by atoms with Crippen molar-refractivity contribution in [3.05, 3.63) is 123 Å². The molecule has 238 valence electrons. The molecule has 6 rings (SSSR count). The Bertz CT molecular complexity index is 2030. The van der Waals surface area contributed by atoms with Gasteiger partial charge in [0, 0.05) is 23.0 Å². The number of hydrogen-bond acceptors (Lipinski definition) is 7. The monoisotopic (exact) mass is 649 g/mol. The summed E-state index contributed by atoms with van der Waals surface area (Å²) in [6.45, 7) is 5.09. The second-order valence-corrected chi connectivity index (χ2v) is 14.2. The van der Waals surface area contributed by atoms with Crippen LogP contribution < -0.4 is 15.0 Å². The number of amides is 1. The first kappa shape index (κ1) is 31.2. The Morgan fingerprint density at radius 2 is 1.78 bits per heavy atom. The zero-order valence-electron chi connectivity index (χ0n) is 25.1. The molecule has 0 fully saturated rings. The molecule has 0 bridgehead atoms. The summed E-state index contributed by atoms with van der Waals surface area (Å²) in [6, 6.07) is 14.8. The zero-order chi connectivity index (χ0) is 33.0. The fourth-order valence-corrected chi connectivity index (χ4v) is 8.37. The highest BCUT2D eigenvalue weighted by Gasteiger charge is 2.48. The van der Waals surface area contributed by atoms with E-state index in [0.29, 0.717) is 11.3 Å². The number of carbonyl (C=O) groups excluding carboxylic acids is 1. The van der Waals surface area contributed by atoms with Crippen molar-refractivity contribution in [1.82, 2.24) is 4.98 Å². The standard InChI is InChI=1S/C34H30F3N3O5S/c1-19-6-4-7-26(38-19)33(42)40-28-8-5-9-29(41)30(28)39-27-16-34(2,3)18-46(43,44)32(27)31(40)22-12-11-21(15-24(22)36)45-17-20-10-13-23(35)25(37)14-20/h4-15,31,39,41H,16-18H2,1-3H3. The van der Waals surface area contributed by atoms with E-state index in [0.717, 1.165) is 23.1 Å². The van der Waals surface area contributed by atoms with E-state index in [1.54, 1.807) is 32.9 Å². The van der Waals surface area contributed by atoms with Crippen LogP contribution in [0.15, 0.2) is 83.4 Å². The van der Waals surface area contributed by atoms with Gasteiger partial charge in [-0.25, -0.2) is 26.6 Å². The summed E-state index contributed by atoms with van der Waals surface area (Å²) in [5, 5.41) is 14.1. The highest BCUT2D eigenvalue weighted by Crippen LogP contribution is 2.52. The molecule has 1 atom stereocenters. The molecule has 2 aliphatic heterocycles. The molecule has 0 radical (unpaired) electrons. The van der Waals surface area contributed by atoms with Gasteiger partial charge in [-0.3, -0.25) is 9.69 Å². The van der Waals surface area contributed by atoms with Crippen LogP contribution in [-0.4, -0.2) is 30.2 Å². The van der Waals surface area contributed by atoms with Crippen LogP contribution in [0.25, 0.3) is 0 Å². The lowest BCUT2D eigenvalue weighted by Gasteiger charge is -2.37. The number of hydrogen-bond donors (Lipinski definition) is 2. The summed E-state index contributed by atoms with van der Waals surface area (Å²) in [4.78, 5) is 19.7. The van der Waals surface area contributed by atoms with Gasteiger partial charge in [0.2, 0.25) is 0 Å². The van der Waals surface area contributed by atoms with E-state index in [1.807, 2.05) is 0 Å². The minimum atomic E-state index is -4.12. The summed E-state index contributed by atoms with van der Waals surface area (Å²) in [5.41, 5.74) is 0.424. The van der Waals surface area contributed by atoms with Gasteiger partial charge in [0.1, 0.15) is 41.3 Å². The number of ether oxygens (including phenoxy) is 1. The van der Waals surface area contributed by atoms with E-state index in [9.17, 15) is 27.1 Å². The van der Waals surface area contributed by atoms with Gasteiger partial charge in [-0.05, 0) is 72.9 Å². The van der Waals surface area contributed by atoms with Crippen molar-refractivity contribution in [3.8, 4) is 11.5 Å². The van der Waals surface area contributed by atoms with Crippen molar-refractivity contribution in [2.75, 3.05) is 16.0 Å². The van der Waals surface area contributed by atoms with E-state index in [4.69, 9.17) is 4.74 Å². The molecule has 12 heteroatoms. The molecule has 2 aliphatic rings. The third-order valence-corrected chi connectivity index (χ3v) is 10.2. The van der Waals surface area contributed by atoms with Crippen molar-refractivity contribution in [1.29, 1.82) is 0 Å². The highest BCUT2D eigenvalue weighted by molar-refractivity contribution is 7.95. The molecule has 2 N–H and O–H groups in total. The largest absolute Gasteiger partial charge is 0.506 e. The van der Waals surface area contributed by atoms with Gasteiger partial charge in [0.15, 0.2) is 21.5 Å². The average molecular weight is 650 g/mol. The molecule has 46 heavy (non-hydrogen) atoms. The van der Waals surface area contributed by atoms with Crippen LogP contribution in [-0.2, 0) is 16.4 Å². The minimum Gasteiger partial charge on any atom is -0.506 e. The number of para-hydroxylation sites is 1. The topological polar surface area (TPSA) is 109 Å². The molecule has 0 saturated heterocycles. The van der Waals surface area contributed by atoms with Gasteiger partial charge >= 0.3 is 0 Å². The average Bonchev–Trinajstić information content (AvgIpc) is 3.12. The maximum atomic E-state index is 16.3. The van der Waals surface area contributed by atoms with E-state index < -0.39 is 44.7 Å². The number of aromatic hydroxyl groups is 1. The Hall–Kier alpha value is -4.84. The number of phenolic OH excluding ortho intramolecular Hbond substituents is 1. The molecule has 0 saturated carbocycles. The lowest BCUT2D eigenvalue weighted by atomic mass is 9.88. The van der Waals surface area contributed by atoms with Crippen molar-refractivity contribution in [2.24, 2.45) is 5.41 Å². The highest BCUT2D eigenvalue weighted by atomic mass is 32.2. The van der Waals surface area contributed by atoms with Gasteiger partial charge in [0.25, 0.3) is 5.91 Å². The first-order valence-electron chi connectivity index (χ1n) is 14.4. The van der Waals surface area contributed by atoms with Crippen molar-refractivity contribution in [2.45, 2.75) is 39.8 Å². The lowest BCUT2D eigenvalue weighted by Crippen LogP contribution is -2.41. The van der Waals surface area contributed by atoms with Crippen LogP contribution in [0.2, 0.25) is 0 Å². The molecule has 3 aromatic carbocycles. The number of allylic oxidation sites excluding steroid dienone is 1. The van der Waals surface area contributed by atoms with Gasteiger partial charge in [-0.1, -0.05) is 32.0 Å². The Morgan fingerprint density at radius 1 is 1.02 bits per heavy atom. The van der Waals surface area contributed by atoms with Crippen LogP contribution >= 0.6 is 0 Å². The maximum Gasteiger partial charge on any atom is 0.277 e. The number of fused-ring (bicyclic) bond motifs is 1. The van der Waals surface area contributed by atoms with Crippen LogP contribution in [0.1, 0.15) is 53.6 Å². The number of carbonyl (C=O) groups is 1. The summed E-state index contributed by atoms with van der Waals surface area (Å²) in [6.07, 6.45) is 0.230. The molecule has 8 nitrogen and oxygen atoms in total. The third kappa shape index (κ3) is 5.80. The van der Waals surface area contributed by atoms with Crippen molar-refractivity contribution in [3.63, 3.8) is 0 Å². The smallest absolute Gasteiger partial charge is 0.277 e.